The molecule has 52 heavy (non-hydrogen) atoms. The summed E-state index contributed by atoms with van der Waals surface area (Å²) in [5.74, 6) is -2.07. The van der Waals surface area contributed by atoms with Crippen molar-refractivity contribution in [3.05, 3.63) is 0 Å². The Morgan fingerprint density at radius 3 is 1.21 bits per heavy atom. The van der Waals surface area contributed by atoms with Crippen LogP contribution in [-0.2, 0) is 19.3 Å². The number of piperidine rings is 2. The number of carboxylic acids is 2. The molecule has 0 aromatic carbocycles. The van der Waals surface area contributed by atoms with Gasteiger partial charge >= 0.3 is 0 Å². The Kier molecular flexibility index (Phi) is 19.6. The van der Waals surface area contributed by atoms with Gasteiger partial charge in [0.1, 0.15) is 0 Å². The van der Waals surface area contributed by atoms with Crippen LogP contribution in [0.1, 0.15) is 217 Å². The first-order chi connectivity index (χ1) is 24.4. The molecule has 0 N–H and O–H groups in total. The molecule has 0 aliphatic carbocycles. The van der Waals surface area contributed by atoms with E-state index >= 15 is 0 Å². The third-order valence-corrected chi connectivity index (χ3v) is 12.4. The van der Waals surface area contributed by atoms with Crippen LogP contribution in [0.4, 0.5) is 0 Å². The van der Waals surface area contributed by atoms with Crippen molar-refractivity contribution in [1.82, 2.24) is 10.1 Å². The van der Waals surface area contributed by atoms with Crippen molar-refractivity contribution in [3.8, 4) is 0 Å². The Morgan fingerprint density at radius 1 is 0.538 bits per heavy atom. The Labute approximate surface area is 320 Å². The summed E-state index contributed by atoms with van der Waals surface area (Å²) in [5.41, 5.74) is -2.43. The highest BCUT2D eigenvalue weighted by molar-refractivity contribution is 5.73. The Hall–Kier alpha value is -1.22. The molecule has 0 unspecified atom stereocenters. The van der Waals surface area contributed by atoms with Crippen LogP contribution in [0, 0.1) is 17.3 Å². The van der Waals surface area contributed by atoms with Gasteiger partial charge in [-0.05, 0) is 125 Å². The average Bonchev–Trinajstić information content (AvgIpc) is 3.02. The van der Waals surface area contributed by atoms with Crippen molar-refractivity contribution in [2.45, 2.75) is 239 Å². The highest BCUT2D eigenvalue weighted by atomic mass is 16.7. The molecule has 0 amide bonds. The normalized spacial score (nSPS) is 21.0. The monoisotopic (exact) mass is 735 g/mol. The molecule has 0 saturated carbocycles. The summed E-state index contributed by atoms with van der Waals surface area (Å²) < 4.78 is 0. The number of hydrogen-bond donors (Lipinski definition) is 0. The van der Waals surface area contributed by atoms with Crippen LogP contribution in [0.2, 0.25) is 0 Å². The number of carbonyl (C=O) groups excluding carboxylic acids is 2. The molecule has 2 aliphatic heterocycles. The molecule has 0 atom stereocenters. The van der Waals surface area contributed by atoms with Gasteiger partial charge < -0.3 is 19.8 Å². The fourth-order valence-corrected chi connectivity index (χ4v) is 10.4. The van der Waals surface area contributed by atoms with E-state index in [-0.39, 0.29) is 40.4 Å². The molecule has 2 fully saturated rings. The predicted molar refractivity (Wildman–Crippen MR) is 209 cm³/mol. The molecule has 0 bridgehead atoms. The third-order valence-electron chi connectivity index (χ3n) is 12.4. The molecule has 306 valence electrons. The lowest BCUT2D eigenvalue weighted by molar-refractivity contribution is -0.343. The van der Waals surface area contributed by atoms with E-state index in [1.807, 2.05) is 0 Å². The largest absolute Gasteiger partial charge is 0.550 e. The van der Waals surface area contributed by atoms with E-state index in [4.69, 9.17) is 9.68 Å². The highest BCUT2D eigenvalue weighted by Crippen LogP contribution is 2.58. The number of carbonyl (C=O) groups is 2. The van der Waals surface area contributed by atoms with Crippen LogP contribution < -0.4 is 10.2 Å². The number of aliphatic carboxylic acids is 2. The summed E-state index contributed by atoms with van der Waals surface area (Å²) in [5, 5.41) is 29.4. The van der Waals surface area contributed by atoms with Gasteiger partial charge in [-0.25, -0.2) is 0 Å². The van der Waals surface area contributed by atoms with Crippen LogP contribution in [0.5, 0.6) is 0 Å². The first-order valence-electron chi connectivity index (χ1n) is 21.6. The summed E-state index contributed by atoms with van der Waals surface area (Å²) >= 11 is 0. The van der Waals surface area contributed by atoms with Crippen molar-refractivity contribution < 1.29 is 29.5 Å². The predicted octanol–water partition coefficient (Wildman–Crippen LogP) is 9.33. The quantitative estimate of drug-likeness (QED) is 0.0770. The van der Waals surface area contributed by atoms with Gasteiger partial charge in [-0.3, -0.25) is 9.68 Å². The van der Waals surface area contributed by atoms with Crippen LogP contribution >= 0.6 is 0 Å². The smallest absolute Gasteiger partial charge is 0.0685 e. The van der Waals surface area contributed by atoms with E-state index in [2.05, 4.69) is 79.4 Å². The minimum atomic E-state index is -1.01. The van der Waals surface area contributed by atoms with Crippen molar-refractivity contribution in [2.24, 2.45) is 17.3 Å². The molecule has 0 aromatic rings. The molecule has 0 spiro atoms. The molecule has 0 radical (unpaired) electrons. The summed E-state index contributed by atoms with van der Waals surface area (Å²) in [4.78, 5) is 38.2. The summed E-state index contributed by atoms with van der Waals surface area (Å²) in [7, 11) is 0. The molecular formula is C44H82N2O6-2. The van der Waals surface area contributed by atoms with E-state index < -0.39 is 17.4 Å². The molecule has 8 heteroatoms. The number of rotatable bonds is 27. The van der Waals surface area contributed by atoms with Gasteiger partial charge in [-0.1, -0.05) is 104 Å². The molecular weight excluding hydrogens is 652 g/mol. The van der Waals surface area contributed by atoms with E-state index in [0.717, 1.165) is 64.2 Å². The van der Waals surface area contributed by atoms with Gasteiger partial charge in [0.15, 0.2) is 0 Å². The van der Waals surface area contributed by atoms with Crippen molar-refractivity contribution in [2.75, 3.05) is 13.2 Å². The van der Waals surface area contributed by atoms with Crippen LogP contribution in [0.25, 0.3) is 0 Å². The number of hydroxylamine groups is 4. The summed E-state index contributed by atoms with van der Waals surface area (Å²) in [6, 6.07) is 0. The highest BCUT2D eigenvalue weighted by Gasteiger charge is 2.59. The van der Waals surface area contributed by atoms with Crippen LogP contribution in [-0.4, -0.2) is 57.4 Å². The Balaban J connectivity index is 2.33. The van der Waals surface area contributed by atoms with Gasteiger partial charge in [0, 0.05) is 39.5 Å². The lowest BCUT2D eigenvalue weighted by Crippen LogP contribution is -2.68. The minimum absolute atomic E-state index is 0.0797. The van der Waals surface area contributed by atoms with E-state index in [0.29, 0.717) is 26.1 Å². The van der Waals surface area contributed by atoms with Gasteiger partial charge in [0.05, 0.1) is 13.2 Å². The van der Waals surface area contributed by atoms with Crippen LogP contribution in [0.15, 0.2) is 0 Å². The average molecular weight is 735 g/mol. The number of nitrogens with zero attached hydrogens (tertiary/aromatic N) is 2. The lowest BCUT2D eigenvalue weighted by atomic mass is 9.52. The van der Waals surface area contributed by atoms with Crippen LogP contribution in [0.3, 0.4) is 0 Å². The summed E-state index contributed by atoms with van der Waals surface area (Å²) in [6.45, 7) is 23.7. The van der Waals surface area contributed by atoms with Crippen molar-refractivity contribution in [1.29, 1.82) is 0 Å². The maximum atomic E-state index is 14.0. The Bertz CT molecular complexity index is 946. The van der Waals surface area contributed by atoms with Gasteiger partial charge in [-0.15, -0.1) is 0 Å². The summed E-state index contributed by atoms with van der Waals surface area (Å²) in [6.07, 6.45) is 22.0. The standard InChI is InChI=1S/C44H84N2O6/c1-11-13-15-17-22-26-30-51-45-40(3,4)32-36(33-41(45,5)6)44(39(49)50,29-25-21-19-20-24-28-38(47)48)37-34-42(7,8)46(43(9,10)35-37)52-31-27-23-18-16-14-12-2/h36-37H,11-35H2,1-10H3,(H,47,48)(H,49,50)/p-2. The van der Waals surface area contributed by atoms with E-state index in [9.17, 15) is 19.8 Å². The molecule has 8 nitrogen and oxygen atoms in total. The topological polar surface area (TPSA) is 105 Å². The fraction of sp³-hybridized carbons (Fsp3) is 0.955. The zero-order valence-corrected chi connectivity index (χ0v) is 35.7. The SMILES string of the molecule is CCCCCCCCON1C(C)(C)CC(C(CCCCCCCC(=O)[O-])(C(=O)[O-])C2CC(C)(C)N(OCCCCCCCC)C(C)(C)C2)CC1(C)C. The zero-order chi connectivity index (χ0) is 39.1. The van der Waals surface area contributed by atoms with Gasteiger partial charge in [0.25, 0.3) is 0 Å². The van der Waals surface area contributed by atoms with Gasteiger partial charge in [0.2, 0.25) is 0 Å². The minimum Gasteiger partial charge on any atom is -0.550 e. The first kappa shape index (κ1) is 46.9. The maximum absolute atomic E-state index is 14.0. The second kappa shape index (κ2) is 21.8. The second-order valence-corrected chi connectivity index (χ2v) is 19.2. The molecule has 2 heterocycles. The maximum Gasteiger partial charge on any atom is 0.0685 e. The second-order valence-electron chi connectivity index (χ2n) is 19.2. The molecule has 2 saturated heterocycles. The Morgan fingerprint density at radius 2 is 0.865 bits per heavy atom. The number of unbranched alkanes of at least 4 members (excludes halogenated alkanes) is 14. The van der Waals surface area contributed by atoms with E-state index in [1.165, 1.54) is 64.2 Å². The molecule has 2 aliphatic rings. The van der Waals surface area contributed by atoms with Crippen molar-refractivity contribution >= 4 is 11.9 Å². The number of hydrogen-bond acceptors (Lipinski definition) is 8. The van der Waals surface area contributed by atoms with Crippen molar-refractivity contribution in [3.63, 3.8) is 0 Å². The zero-order valence-electron chi connectivity index (χ0n) is 35.7. The lowest BCUT2D eigenvalue weighted by Gasteiger charge is -2.63. The third kappa shape index (κ3) is 13.8. The molecule has 0 aromatic heterocycles. The fourth-order valence-electron chi connectivity index (χ4n) is 10.4. The number of carboxylic acid groups (broad SMARTS) is 2. The van der Waals surface area contributed by atoms with E-state index in [1.54, 1.807) is 0 Å². The first-order valence-corrected chi connectivity index (χ1v) is 21.6. The molecule has 2 rings (SSSR count). The van der Waals surface area contributed by atoms with Gasteiger partial charge in [-0.2, -0.15) is 10.1 Å².